The second-order valence-corrected chi connectivity index (χ2v) is 6.42. The smallest absolute Gasteiger partial charge is 0.410 e. The number of carbonyl (C=O) groups excluding carboxylic acids is 2. The molecule has 2 rings (SSSR count). The molecule has 1 aliphatic carbocycles. The van der Waals surface area contributed by atoms with Gasteiger partial charge >= 0.3 is 6.09 Å². The lowest BCUT2D eigenvalue weighted by Gasteiger charge is -2.43. The van der Waals surface area contributed by atoms with Crippen LogP contribution in [0.4, 0.5) is 4.79 Å². The van der Waals surface area contributed by atoms with Gasteiger partial charge in [0.05, 0.1) is 0 Å². The van der Waals surface area contributed by atoms with Crippen LogP contribution in [0.3, 0.4) is 0 Å². The number of Topliss-reactive ketones (excluding diaryl/α,β-unsaturated/α-hetero) is 1. The van der Waals surface area contributed by atoms with E-state index in [4.69, 9.17) is 4.74 Å². The highest BCUT2D eigenvalue weighted by Crippen LogP contribution is 2.34. The fourth-order valence-electron chi connectivity index (χ4n) is 2.98. The van der Waals surface area contributed by atoms with Crippen molar-refractivity contribution in [2.75, 3.05) is 6.54 Å². The molecule has 2 aliphatic rings. The maximum atomic E-state index is 12.2. The van der Waals surface area contributed by atoms with Gasteiger partial charge in [0, 0.05) is 25.4 Å². The molecule has 2 fully saturated rings. The van der Waals surface area contributed by atoms with E-state index in [9.17, 15) is 9.59 Å². The van der Waals surface area contributed by atoms with Crippen LogP contribution in [-0.2, 0) is 9.53 Å². The summed E-state index contributed by atoms with van der Waals surface area (Å²) in [5.74, 6) is 0.774. The van der Waals surface area contributed by atoms with E-state index >= 15 is 0 Å². The summed E-state index contributed by atoms with van der Waals surface area (Å²) >= 11 is 0. The number of ether oxygens (including phenoxy) is 1. The second-order valence-electron chi connectivity index (χ2n) is 6.42. The highest BCUT2D eigenvalue weighted by Gasteiger charge is 2.39. The third-order valence-electron chi connectivity index (χ3n) is 3.78. The summed E-state index contributed by atoms with van der Waals surface area (Å²) in [6, 6.07) is 0.0786. The Kier molecular flexibility index (Phi) is 3.64. The molecule has 102 valence electrons. The van der Waals surface area contributed by atoms with Crippen molar-refractivity contribution in [3.63, 3.8) is 0 Å². The van der Waals surface area contributed by atoms with Gasteiger partial charge in [-0.25, -0.2) is 4.79 Å². The van der Waals surface area contributed by atoms with E-state index in [2.05, 4.69) is 0 Å². The van der Waals surface area contributed by atoms with Crippen LogP contribution in [0.25, 0.3) is 0 Å². The third-order valence-corrected chi connectivity index (χ3v) is 3.78. The predicted octanol–water partition coefficient (Wildman–Crippen LogP) is 2.76. The lowest BCUT2D eigenvalue weighted by Crippen LogP contribution is -2.52. The fourth-order valence-corrected chi connectivity index (χ4v) is 2.98. The molecule has 0 aromatic rings. The van der Waals surface area contributed by atoms with E-state index in [1.54, 1.807) is 4.90 Å². The summed E-state index contributed by atoms with van der Waals surface area (Å²) in [4.78, 5) is 25.5. The van der Waals surface area contributed by atoms with E-state index in [1.165, 1.54) is 0 Å². The Morgan fingerprint density at radius 1 is 1.33 bits per heavy atom. The van der Waals surface area contributed by atoms with Gasteiger partial charge in [-0.05, 0) is 46.0 Å². The Morgan fingerprint density at radius 2 is 2.06 bits per heavy atom. The van der Waals surface area contributed by atoms with Crippen LogP contribution < -0.4 is 0 Å². The molecule has 2 atom stereocenters. The van der Waals surface area contributed by atoms with Crippen molar-refractivity contribution in [3.05, 3.63) is 0 Å². The molecule has 1 amide bonds. The molecule has 0 aromatic carbocycles. The van der Waals surface area contributed by atoms with Gasteiger partial charge < -0.3 is 9.64 Å². The highest BCUT2D eigenvalue weighted by molar-refractivity contribution is 5.81. The van der Waals surface area contributed by atoms with Crippen LogP contribution in [0.2, 0.25) is 0 Å². The minimum absolute atomic E-state index is 0.0786. The summed E-state index contributed by atoms with van der Waals surface area (Å²) in [6.07, 6.45) is 4.04. The standard InChI is InChI=1S/C14H23NO3/c1-14(2,3)18-13(17)15-8-4-5-10-6-7-11(16)9-12(10)15/h10,12H,4-9H2,1-3H3/t10-,12-/m0/s1. The molecular weight excluding hydrogens is 230 g/mol. The second kappa shape index (κ2) is 4.90. The number of rotatable bonds is 0. The molecular formula is C14H23NO3. The van der Waals surface area contributed by atoms with Crippen molar-refractivity contribution in [1.82, 2.24) is 4.90 Å². The number of ketones is 1. The van der Waals surface area contributed by atoms with Crippen molar-refractivity contribution in [2.24, 2.45) is 5.92 Å². The summed E-state index contributed by atoms with van der Waals surface area (Å²) in [5.41, 5.74) is -0.470. The van der Waals surface area contributed by atoms with Gasteiger partial charge in [0.25, 0.3) is 0 Å². The largest absolute Gasteiger partial charge is 0.444 e. The average molecular weight is 253 g/mol. The van der Waals surface area contributed by atoms with Crippen molar-refractivity contribution in [1.29, 1.82) is 0 Å². The number of likely N-dealkylation sites (tertiary alicyclic amines) is 1. The van der Waals surface area contributed by atoms with E-state index in [-0.39, 0.29) is 17.9 Å². The normalized spacial score (nSPS) is 28.8. The Labute approximate surface area is 109 Å². The van der Waals surface area contributed by atoms with Gasteiger partial charge in [-0.15, -0.1) is 0 Å². The summed E-state index contributed by atoms with van der Waals surface area (Å²) in [7, 11) is 0. The number of hydrogen-bond acceptors (Lipinski definition) is 3. The lowest BCUT2D eigenvalue weighted by molar-refractivity contribution is -0.124. The molecule has 1 heterocycles. The number of piperidine rings is 1. The maximum absolute atomic E-state index is 12.2. The molecule has 1 saturated carbocycles. The summed E-state index contributed by atoms with van der Waals surface area (Å²) in [5, 5.41) is 0. The number of amides is 1. The Bertz CT molecular complexity index is 345. The number of hydrogen-bond donors (Lipinski definition) is 0. The Morgan fingerprint density at radius 3 is 2.72 bits per heavy atom. The number of nitrogens with zero attached hydrogens (tertiary/aromatic N) is 1. The van der Waals surface area contributed by atoms with E-state index in [0.29, 0.717) is 18.8 Å². The summed E-state index contributed by atoms with van der Waals surface area (Å²) in [6.45, 7) is 6.35. The molecule has 1 aliphatic heterocycles. The summed E-state index contributed by atoms with van der Waals surface area (Å²) < 4.78 is 5.44. The van der Waals surface area contributed by atoms with Gasteiger partial charge in [-0.1, -0.05) is 0 Å². The number of fused-ring (bicyclic) bond motifs is 1. The topological polar surface area (TPSA) is 46.6 Å². The Balaban J connectivity index is 2.06. The van der Waals surface area contributed by atoms with Crippen LogP contribution in [0.1, 0.15) is 52.9 Å². The van der Waals surface area contributed by atoms with E-state index < -0.39 is 5.60 Å². The molecule has 0 spiro atoms. The molecule has 0 radical (unpaired) electrons. The van der Waals surface area contributed by atoms with Crippen molar-refractivity contribution < 1.29 is 14.3 Å². The predicted molar refractivity (Wildman–Crippen MR) is 68.3 cm³/mol. The minimum Gasteiger partial charge on any atom is -0.444 e. The zero-order valence-corrected chi connectivity index (χ0v) is 11.6. The van der Waals surface area contributed by atoms with Gasteiger partial charge in [-0.3, -0.25) is 4.79 Å². The zero-order chi connectivity index (χ0) is 13.3. The van der Waals surface area contributed by atoms with Gasteiger partial charge in [-0.2, -0.15) is 0 Å². The fraction of sp³-hybridized carbons (Fsp3) is 0.857. The first-order valence-electron chi connectivity index (χ1n) is 6.88. The zero-order valence-electron chi connectivity index (χ0n) is 11.6. The first-order valence-corrected chi connectivity index (χ1v) is 6.88. The molecule has 0 N–H and O–H groups in total. The van der Waals surface area contributed by atoms with E-state index in [1.807, 2.05) is 20.8 Å². The molecule has 1 saturated heterocycles. The van der Waals surface area contributed by atoms with Crippen molar-refractivity contribution >= 4 is 11.9 Å². The maximum Gasteiger partial charge on any atom is 0.410 e. The van der Waals surface area contributed by atoms with Crippen LogP contribution in [0.15, 0.2) is 0 Å². The molecule has 0 aromatic heterocycles. The van der Waals surface area contributed by atoms with Gasteiger partial charge in [0.15, 0.2) is 0 Å². The van der Waals surface area contributed by atoms with Gasteiger partial charge in [0.2, 0.25) is 0 Å². The van der Waals surface area contributed by atoms with Gasteiger partial charge in [0.1, 0.15) is 11.4 Å². The Hall–Kier alpha value is -1.06. The van der Waals surface area contributed by atoms with Crippen LogP contribution in [-0.4, -0.2) is 35.0 Å². The molecule has 0 unspecified atom stereocenters. The first-order chi connectivity index (χ1) is 8.37. The quantitative estimate of drug-likeness (QED) is 0.667. The van der Waals surface area contributed by atoms with Crippen LogP contribution >= 0.6 is 0 Å². The van der Waals surface area contributed by atoms with Crippen LogP contribution in [0.5, 0.6) is 0 Å². The van der Waals surface area contributed by atoms with E-state index in [0.717, 1.165) is 25.8 Å². The molecule has 4 heteroatoms. The average Bonchev–Trinajstić information content (AvgIpc) is 2.25. The molecule has 18 heavy (non-hydrogen) atoms. The molecule has 0 bridgehead atoms. The molecule has 4 nitrogen and oxygen atoms in total. The first kappa shape index (κ1) is 13.4. The van der Waals surface area contributed by atoms with Crippen molar-refractivity contribution in [3.8, 4) is 0 Å². The highest BCUT2D eigenvalue weighted by atomic mass is 16.6. The number of carbonyl (C=O) groups is 2. The van der Waals surface area contributed by atoms with Crippen molar-refractivity contribution in [2.45, 2.75) is 64.5 Å². The monoisotopic (exact) mass is 253 g/mol. The lowest BCUT2D eigenvalue weighted by atomic mass is 9.78. The third kappa shape index (κ3) is 3.03. The SMILES string of the molecule is CC(C)(C)OC(=O)N1CCC[C@H]2CCC(=O)C[C@@H]21. The minimum atomic E-state index is -0.470. The van der Waals surface area contributed by atoms with Crippen LogP contribution in [0, 0.1) is 5.92 Å².